The molecule has 4 N–H and O–H groups in total. The predicted octanol–water partition coefficient (Wildman–Crippen LogP) is 5.49. The summed E-state index contributed by atoms with van der Waals surface area (Å²) in [5.74, 6) is 0.837. The van der Waals surface area contributed by atoms with Crippen LogP contribution in [0.25, 0.3) is 11.3 Å². The van der Waals surface area contributed by atoms with Gasteiger partial charge in [0.15, 0.2) is 0 Å². The summed E-state index contributed by atoms with van der Waals surface area (Å²) in [6, 6.07) is 17.0. The molecule has 3 aromatic rings. The third-order valence-electron chi connectivity index (χ3n) is 5.21. The van der Waals surface area contributed by atoms with Crippen LogP contribution in [-0.2, 0) is 9.59 Å². The van der Waals surface area contributed by atoms with E-state index in [2.05, 4.69) is 20.6 Å². The van der Waals surface area contributed by atoms with Gasteiger partial charge in [-0.1, -0.05) is 31.4 Å². The quantitative estimate of drug-likeness (QED) is 0.135. The molecule has 0 aliphatic carbocycles. The summed E-state index contributed by atoms with van der Waals surface area (Å²) < 4.78 is 5.80. The van der Waals surface area contributed by atoms with E-state index in [-0.39, 0.29) is 24.2 Å². The van der Waals surface area contributed by atoms with E-state index in [0.717, 1.165) is 60.5 Å². The molecule has 1 aromatic heterocycles. The van der Waals surface area contributed by atoms with E-state index in [1.165, 1.54) is 6.92 Å². The number of rotatable bonds is 13. The fourth-order valence-electron chi connectivity index (χ4n) is 3.43. The first-order chi connectivity index (χ1) is 17.0. The van der Waals surface area contributed by atoms with Crippen LogP contribution in [0, 0.1) is 0 Å². The fraction of sp³-hybridized carbons (Fsp3) is 0.308. The van der Waals surface area contributed by atoms with E-state index in [1.54, 1.807) is 11.7 Å². The highest BCUT2D eigenvalue weighted by molar-refractivity contribution is 5.88. The number of anilines is 3. The van der Waals surface area contributed by atoms with Crippen molar-refractivity contribution in [1.82, 2.24) is 15.4 Å². The second-order valence-corrected chi connectivity index (χ2v) is 8.07. The van der Waals surface area contributed by atoms with Gasteiger partial charge in [0.25, 0.3) is 0 Å². The van der Waals surface area contributed by atoms with Crippen molar-refractivity contribution in [3.8, 4) is 17.0 Å². The van der Waals surface area contributed by atoms with Crippen LogP contribution in [-0.4, -0.2) is 33.6 Å². The molecule has 0 aliphatic heterocycles. The van der Waals surface area contributed by atoms with Gasteiger partial charge in [0.05, 0.1) is 12.3 Å². The van der Waals surface area contributed by atoms with Crippen LogP contribution >= 0.6 is 12.4 Å². The lowest BCUT2D eigenvalue weighted by molar-refractivity contribution is -0.129. The van der Waals surface area contributed by atoms with Crippen molar-refractivity contribution in [2.24, 2.45) is 0 Å². The summed E-state index contributed by atoms with van der Waals surface area (Å²) in [6.45, 7) is 2.11. The topological polar surface area (TPSA) is 125 Å². The Morgan fingerprint density at radius 3 is 2.25 bits per heavy atom. The first kappa shape index (κ1) is 28.5. The zero-order valence-corrected chi connectivity index (χ0v) is 21.0. The number of benzene rings is 2. The third-order valence-corrected chi connectivity index (χ3v) is 5.21. The molecule has 0 unspecified atom stereocenters. The lowest BCUT2D eigenvalue weighted by Crippen LogP contribution is -2.17. The highest BCUT2D eigenvalue weighted by Gasteiger charge is 2.05. The minimum atomic E-state index is -0.333. The summed E-state index contributed by atoms with van der Waals surface area (Å²) in [4.78, 5) is 31.0. The minimum Gasteiger partial charge on any atom is -0.494 e. The Bertz CT molecular complexity index is 1090. The van der Waals surface area contributed by atoms with E-state index in [1.807, 2.05) is 54.6 Å². The molecule has 0 fully saturated rings. The molecule has 192 valence electrons. The number of amides is 2. The molecule has 0 spiro atoms. The van der Waals surface area contributed by atoms with Crippen LogP contribution in [0.4, 0.5) is 17.3 Å². The largest absolute Gasteiger partial charge is 0.494 e. The standard InChI is InChI=1S/C26H31N5O4.ClH/c1-19(32)28-21-10-8-20(9-11-21)24-16-17-27-26(30-24)29-22-12-14-23(15-13-22)35-18-6-4-2-3-5-7-25(33)31-34;/h8-17,34H,2-7,18H2,1H3,(H,28,32)(H,31,33)(H,27,29,30);1H. The van der Waals surface area contributed by atoms with E-state index in [0.29, 0.717) is 19.0 Å². The highest BCUT2D eigenvalue weighted by Crippen LogP contribution is 2.23. The van der Waals surface area contributed by atoms with E-state index >= 15 is 0 Å². The lowest BCUT2D eigenvalue weighted by atomic mass is 10.1. The smallest absolute Gasteiger partial charge is 0.243 e. The molecule has 0 saturated carbocycles. The average Bonchev–Trinajstić information content (AvgIpc) is 2.86. The SMILES string of the molecule is CC(=O)Nc1ccc(-c2ccnc(Nc3ccc(OCCCCCCCC(=O)NO)cc3)n2)cc1.Cl. The zero-order chi connectivity index (χ0) is 24.9. The number of hydroxylamine groups is 1. The highest BCUT2D eigenvalue weighted by atomic mass is 35.5. The maximum atomic E-state index is 11.2. The number of carbonyl (C=O) groups excluding carboxylic acids is 2. The van der Waals surface area contributed by atoms with Crippen molar-refractivity contribution in [2.75, 3.05) is 17.2 Å². The number of nitrogens with zero attached hydrogens (tertiary/aromatic N) is 2. The first-order valence-corrected chi connectivity index (χ1v) is 11.7. The Morgan fingerprint density at radius 1 is 0.889 bits per heavy atom. The van der Waals surface area contributed by atoms with Gasteiger partial charge in [0.2, 0.25) is 17.8 Å². The van der Waals surface area contributed by atoms with E-state index < -0.39 is 0 Å². The Hall–Kier alpha value is -3.69. The Balaban J connectivity index is 0.00000456. The summed E-state index contributed by atoms with van der Waals surface area (Å²) in [5, 5.41) is 14.4. The number of ether oxygens (including phenoxy) is 1. The van der Waals surface area contributed by atoms with Gasteiger partial charge < -0.3 is 15.4 Å². The second kappa shape index (κ2) is 15.3. The molecular weight excluding hydrogens is 482 g/mol. The summed E-state index contributed by atoms with van der Waals surface area (Å²) >= 11 is 0. The van der Waals surface area contributed by atoms with Gasteiger partial charge in [-0.15, -0.1) is 12.4 Å². The maximum Gasteiger partial charge on any atom is 0.243 e. The van der Waals surface area contributed by atoms with Crippen molar-refractivity contribution in [1.29, 1.82) is 0 Å². The molecule has 10 heteroatoms. The third kappa shape index (κ3) is 9.89. The molecule has 3 rings (SSSR count). The maximum absolute atomic E-state index is 11.2. The number of carbonyl (C=O) groups is 2. The van der Waals surface area contributed by atoms with Gasteiger partial charge in [-0.25, -0.2) is 15.4 Å². The van der Waals surface area contributed by atoms with Crippen LogP contribution in [0.2, 0.25) is 0 Å². The molecule has 0 aliphatic rings. The number of nitrogens with one attached hydrogen (secondary N) is 3. The summed E-state index contributed by atoms with van der Waals surface area (Å²) in [5.41, 5.74) is 4.92. The molecule has 0 radical (unpaired) electrons. The number of halogens is 1. The van der Waals surface area contributed by atoms with Gasteiger partial charge in [-0.2, -0.15) is 0 Å². The van der Waals surface area contributed by atoms with Gasteiger partial charge in [0, 0.05) is 36.5 Å². The monoisotopic (exact) mass is 513 g/mol. The number of unbranched alkanes of at least 4 members (excludes halogenated alkanes) is 4. The zero-order valence-electron chi connectivity index (χ0n) is 20.2. The van der Waals surface area contributed by atoms with Crippen LogP contribution in [0.3, 0.4) is 0 Å². The van der Waals surface area contributed by atoms with E-state index in [9.17, 15) is 9.59 Å². The molecule has 2 amide bonds. The Kier molecular flexibility index (Phi) is 12.2. The van der Waals surface area contributed by atoms with Gasteiger partial charge >= 0.3 is 0 Å². The number of hydrogen-bond donors (Lipinski definition) is 4. The van der Waals surface area contributed by atoms with Crippen LogP contribution < -0.4 is 20.9 Å². The van der Waals surface area contributed by atoms with Crippen molar-refractivity contribution < 1.29 is 19.5 Å². The van der Waals surface area contributed by atoms with Gasteiger partial charge in [-0.3, -0.25) is 14.8 Å². The summed E-state index contributed by atoms with van der Waals surface area (Å²) in [7, 11) is 0. The number of hydrogen-bond acceptors (Lipinski definition) is 7. The molecule has 2 aromatic carbocycles. The lowest BCUT2D eigenvalue weighted by Gasteiger charge is -2.09. The van der Waals surface area contributed by atoms with Crippen molar-refractivity contribution in [2.45, 2.75) is 45.4 Å². The molecule has 9 nitrogen and oxygen atoms in total. The molecular formula is C26H32ClN5O4. The summed E-state index contributed by atoms with van der Waals surface area (Å²) in [6.07, 6.45) is 6.80. The van der Waals surface area contributed by atoms with Gasteiger partial charge in [-0.05, 0) is 55.3 Å². The van der Waals surface area contributed by atoms with Crippen LogP contribution in [0.1, 0.15) is 45.4 Å². The molecule has 1 heterocycles. The Morgan fingerprint density at radius 2 is 1.56 bits per heavy atom. The molecule has 0 saturated heterocycles. The minimum absolute atomic E-state index is 0. The van der Waals surface area contributed by atoms with Crippen molar-refractivity contribution >= 4 is 41.5 Å². The van der Waals surface area contributed by atoms with Crippen molar-refractivity contribution in [3.05, 3.63) is 60.8 Å². The molecule has 0 atom stereocenters. The fourth-order valence-corrected chi connectivity index (χ4v) is 3.43. The predicted molar refractivity (Wildman–Crippen MR) is 142 cm³/mol. The number of aromatic nitrogens is 2. The Labute approximate surface area is 217 Å². The first-order valence-electron chi connectivity index (χ1n) is 11.7. The molecule has 36 heavy (non-hydrogen) atoms. The van der Waals surface area contributed by atoms with Crippen LogP contribution in [0.15, 0.2) is 60.8 Å². The van der Waals surface area contributed by atoms with E-state index in [4.69, 9.17) is 9.94 Å². The van der Waals surface area contributed by atoms with Gasteiger partial charge in [0.1, 0.15) is 5.75 Å². The normalized spacial score (nSPS) is 10.2. The molecule has 0 bridgehead atoms. The van der Waals surface area contributed by atoms with Crippen LogP contribution in [0.5, 0.6) is 5.75 Å². The van der Waals surface area contributed by atoms with Crippen molar-refractivity contribution in [3.63, 3.8) is 0 Å². The average molecular weight is 514 g/mol. The second-order valence-electron chi connectivity index (χ2n) is 8.07.